The van der Waals surface area contributed by atoms with Gasteiger partial charge in [0, 0.05) is 58.1 Å². The molecule has 8 heteroatoms. The largest absolute Gasteiger partial charge is 0.851 e. The lowest BCUT2D eigenvalue weighted by Crippen LogP contribution is -2.58. The Morgan fingerprint density at radius 3 is 0.896 bits per heavy atom. The molecule has 0 aromatic heterocycles. The fraction of sp³-hybridized carbons (Fsp3) is 0.100. The SMILES string of the molecule is [O-]C1C(c2c(O)cc(N(c3ccccc3)c3ccccc3)cc2O)C([OH2+])C1c1c(O)cc(N(c2ccccc2)c2ccccc2)cc1O. The lowest BCUT2D eigenvalue weighted by atomic mass is 9.62. The van der Waals surface area contributed by atoms with Crippen LogP contribution in [0, 0.1) is 0 Å². The van der Waals surface area contributed by atoms with E-state index in [4.69, 9.17) is 5.11 Å². The van der Waals surface area contributed by atoms with Gasteiger partial charge in [-0.05, 0) is 48.5 Å². The Labute approximate surface area is 277 Å². The minimum absolute atomic E-state index is 0.0222. The highest BCUT2D eigenvalue weighted by molar-refractivity contribution is 5.80. The minimum Gasteiger partial charge on any atom is -0.851 e. The van der Waals surface area contributed by atoms with Crippen molar-refractivity contribution >= 4 is 34.1 Å². The van der Waals surface area contributed by atoms with E-state index in [9.17, 15) is 25.5 Å². The zero-order valence-corrected chi connectivity index (χ0v) is 25.8. The zero-order valence-electron chi connectivity index (χ0n) is 25.8. The van der Waals surface area contributed by atoms with Gasteiger partial charge in [0.1, 0.15) is 23.0 Å². The van der Waals surface area contributed by atoms with Gasteiger partial charge in [0.05, 0.1) is 23.2 Å². The third kappa shape index (κ3) is 5.43. The van der Waals surface area contributed by atoms with Crippen LogP contribution in [-0.4, -0.2) is 37.7 Å². The van der Waals surface area contributed by atoms with Crippen molar-refractivity contribution in [3.8, 4) is 23.0 Å². The molecule has 1 fully saturated rings. The molecule has 0 spiro atoms. The van der Waals surface area contributed by atoms with Crippen LogP contribution in [0.15, 0.2) is 146 Å². The Morgan fingerprint density at radius 2 is 0.667 bits per heavy atom. The third-order valence-electron chi connectivity index (χ3n) is 8.96. The highest BCUT2D eigenvalue weighted by Gasteiger charge is 2.52. The number of benzene rings is 6. The molecule has 6 N–H and O–H groups in total. The Balaban J connectivity index is 1.21. The molecule has 0 amide bonds. The number of hydrogen-bond acceptors (Lipinski definition) is 7. The summed E-state index contributed by atoms with van der Waals surface area (Å²) in [5, 5.41) is 67.8. The first-order valence-corrected chi connectivity index (χ1v) is 15.6. The highest BCUT2D eigenvalue weighted by atomic mass is 16.3. The molecule has 240 valence electrons. The normalized spacial score (nSPS) is 18.5. The third-order valence-corrected chi connectivity index (χ3v) is 8.96. The standard InChI is InChI=1S/C40H33N2O6/c43-31-21-29(41(25-13-5-1-6-14-25)26-15-7-2-8-16-26)22-32(44)35(31)37-39(47)38(40(37)48)36-33(45)23-30(24-34(36)46)42(27-17-9-3-10-18-27)28-19-11-4-12-20-28/h1-24,37-40,43-47H/q-1/p+1. The number of rotatable bonds is 8. The van der Waals surface area contributed by atoms with Crippen LogP contribution in [0.25, 0.3) is 0 Å². The van der Waals surface area contributed by atoms with Gasteiger partial charge < -0.3 is 40.4 Å². The summed E-state index contributed by atoms with van der Waals surface area (Å²) in [5.41, 5.74) is 4.09. The number of aromatic hydroxyl groups is 4. The summed E-state index contributed by atoms with van der Waals surface area (Å²) in [6, 6.07) is 43.8. The van der Waals surface area contributed by atoms with Crippen molar-refractivity contribution in [2.45, 2.75) is 24.0 Å². The van der Waals surface area contributed by atoms with Crippen molar-refractivity contribution in [1.29, 1.82) is 0 Å². The summed E-state index contributed by atoms with van der Waals surface area (Å²) in [5.74, 6) is -3.42. The van der Waals surface area contributed by atoms with Crippen LogP contribution in [0.4, 0.5) is 34.1 Å². The van der Waals surface area contributed by atoms with Crippen molar-refractivity contribution in [2.75, 3.05) is 9.80 Å². The first-order valence-electron chi connectivity index (χ1n) is 15.6. The molecule has 6 aromatic carbocycles. The molecule has 1 saturated carbocycles. The number of phenols is 4. The van der Waals surface area contributed by atoms with Gasteiger partial charge >= 0.3 is 0 Å². The second-order valence-electron chi connectivity index (χ2n) is 11.9. The summed E-state index contributed by atoms with van der Waals surface area (Å²) in [6.07, 6.45) is -2.69. The van der Waals surface area contributed by atoms with Crippen molar-refractivity contribution in [3.63, 3.8) is 0 Å². The lowest BCUT2D eigenvalue weighted by Gasteiger charge is -2.51. The number of anilines is 6. The Morgan fingerprint density at radius 1 is 0.417 bits per heavy atom. The zero-order chi connectivity index (χ0) is 33.4. The summed E-state index contributed by atoms with van der Waals surface area (Å²) in [4.78, 5) is 3.73. The Hall–Kier alpha value is -5.96. The van der Waals surface area contributed by atoms with E-state index >= 15 is 0 Å². The topological polar surface area (TPSA) is 133 Å². The second kappa shape index (κ2) is 12.7. The molecule has 0 radical (unpaired) electrons. The van der Waals surface area contributed by atoms with Gasteiger partial charge in [-0.25, -0.2) is 0 Å². The monoisotopic (exact) mass is 638 g/mol. The van der Waals surface area contributed by atoms with E-state index in [2.05, 4.69) is 0 Å². The molecule has 1 aliphatic carbocycles. The van der Waals surface area contributed by atoms with Crippen LogP contribution in [0.3, 0.4) is 0 Å². The highest BCUT2D eigenvalue weighted by Crippen LogP contribution is 2.56. The number of para-hydroxylation sites is 4. The van der Waals surface area contributed by atoms with E-state index in [1.807, 2.05) is 131 Å². The molecule has 8 nitrogen and oxygen atoms in total. The molecule has 0 bridgehead atoms. The Bertz CT molecular complexity index is 1740. The summed E-state index contributed by atoms with van der Waals surface area (Å²) < 4.78 is 0. The maximum atomic E-state index is 13.8. The molecular weight excluding hydrogens is 604 g/mol. The number of phenolic OH excluding ortho intramolecular Hbond substituents is 4. The van der Waals surface area contributed by atoms with E-state index in [0.29, 0.717) is 11.4 Å². The molecule has 0 aliphatic heterocycles. The van der Waals surface area contributed by atoms with Gasteiger partial charge in [-0.15, -0.1) is 0 Å². The van der Waals surface area contributed by atoms with E-state index in [1.54, 1.807) is 0 Å². The molecular formula is C40H34N2O6. The van der Waals surface area contributed by atoms with Gasteiger partial charge in [-0.3, -0.25) is 0 Å². The van der Waals surface area contributed by atoms with Crippen LogP contribution in [0.5, 0.6) is 23.0 Å². The maximum Gasteiger partial charge on any atom is 0.166 e. The summed E-state index contributed by atoms with van der Waals surface area (Å²) in [7, 11) is 0. The van der Waals surface area contributed by atoms with Crippen molar-refractivity contribution in [3.05, 3.63) is 157 Å². The van der Waals surface area contributed by atoms with Crippen LogP contribution in [0.1, 0.15) is 23.0 Å². The van der Waals surface area contributed by atoms with Crippen molar-refractivity contribution < 1.29 is 30.6 Å². The molecule has 6 aromatic rings. The second-order valence-corrected chi connectivity index (χ2v) is 11.9. The van der Waals surface area contributed by atoms with Crippen LogP contribution < -0.4 is 14.9 Å². The van der Waals surface area contributed by atoms with Gasteiger partial charge in [0.25, 0.3) is 0 Å². The molecule has 1 aliphatic rings. The van der Waals surface area contributed by atoms with E-state index in [0.717, 1.165) is 22.7 Å². The quantitative estimate of drug-likeness (QED) is 0.130. The lowest BCUT2D eigenvalue weighted by molar-refractivity contribution is -0.462. The van der Waals surface area contributed by atoms with E-state index in [-0.39, 0.29) is 34.1 Å². The molecule has 7 rings (SSSR count). The predicted molar refractivity (Wildman–Crippen MR) is 186 cm³/mol. The fourth-order valence-corrected chi connectivity index (χ4v) is 6.76. The minimum atomic E-state index is -1.53. The van der Waals surface area contributed by atoms with Crippen LogP contribution in [-0.2, 0) is 0 Å². The maximum absolute atomic E-state index is 13.8. The summed E-state index contributed by atoms with van der Waals surface area (Å²) >= 11 is 0. The molecule has 0 heterocycles. The first-order chi connectivity index (χ1) is 23.3. The van der Waals surface area contributed by atoms with Gasteiger partial charge in [0.2, 0.25) is 0 Å². The van der Waals surface area contributed by atoms with Gasteiger partial charge in [-0.1, -0.05) is 78.9 Å². The van der Waals surface area contributed by atoms with Gasteiger partial charge in [-0.2, -0.15) is 0 Å². The molecule has 48 heavy (non-hydrogen) atoms. The van der Waals surface area contributed by atoms with E-state index in [1.165, 1.54) is 24.3 Å². The molecule has 2 atom stereocenters. The fourth-order valence-electron chi connectivity index (χ4n) is 6.76. The number of hydrogen-bond donors (Lipinski definition) is 4. The number of nitrogens with zero attached hydrogens (tertiary/aromatic N) is 2. The molecule has 2 unspecified atom stereocenters. The van der Waals surface area contributed by atoms with Gasteiger partial charge in [0.15, 0.2) is 6.10 Å². The van der Waals surface area contributed by atoms with Crippen LogP contribution in [0.2, 0.25) is 0 Å². The van der Waals surface area contributed by atoms with E-state index < -0.39 is 24.0 Å². The first kappa shape index (κ1) is 30.7. The van der Waals surface area contributed by atoms with Crippen LogP contribution >= 0.6 is 0 Å². The predicted octanol–water partition coefficient (Wildman–Crippen LogP) is 7.15. The Kier molecular flexibility index (Phi) is 8.10. The molecule has 0 saturated heterocycles. The average molecular weight is 639 g/mol. The summed E-state index contributed by atoms with van der Waals surface area (Å²) in [6.45, 7) is 0. The smallest absolute Gasteiger partial charge is 0.166 e. The average Bonchev–Trinajstić information content (AvgIpc) is 3.10. The van der Waals surface area contributed by atoms with Crippen molar-refractivity contribution in [2.24, 2.45) is 0 Å². The van der Waals surface area contributed by atoms with Crippen molar-refractivity contribution in [1.82, 2.24) is 0 Å².